The van der Waals surface area contributed by atoms with Crippen molar-refractivity contribution < 1.29 is 5.11 Å². The highest BCUT2D eigenvalue weighted by molar-refractivity contribution is 5.35. The molecule has 2 rings (SSSR count). The van der Waals surface area contributed by atoms with E-state index in [4.69, 9.17) is 0 Å². The second-order valence-electron chi connectivity index (χ2n) is 5.51. The summed E-state index contributed by atoms with van der Waals surface area (Å²) in [6, 6.07) is 6.39. The summed E-state index contributed by atoms with van der Waals surface area (Å²) in [5.74, 6) is 0. The van der Waals surface area contributed by atoms with Gasteiger partial charge in [0.2, 0.25) is 0 Å². The van der Waals surface area contributed by atoms with Crippen molar-refractivity contribution in [3.63, 3.8) is 0 Å². The van der Waals surface area contributed by atoms with Gasteiger partial charge in [-0.1, -0.05) is 23.8 Å². The molecular formula is C15H23NO. The van der Waals surface area contributed by atoms with Crippen molar-refractivity contribution >= 4 is 0 Å². The molecule has 17 heavy (non-hydrogen) atoms. The van der Waals surface area contributed by atoms with Crippen molar-refractivity contribution in [2.24, 2.45) is 0 Å². The van der Waals surface area contributed by atoms with Crippen LogP contribution in [-0.4, -0.2) is 30.1 Å². The van der Waals surface area contributed by atoms with Crippen molar-refractivity contribution in [3.05, 3.63) is 34.9 Å². The molecule has 2 nitrogen and oxygen atoms in total. The maximum Gasteiger partial charge on any atom is 0.0911 e. The highest BCUT2D eigenvalue weighted by Gasteiger charge is 2.32. The summed E-state index contributed by atoms with van der Waals surface area (Å²) in [5.41, 5.74) is 2.95. The van der Waals surface area contributed by atoms with Crippen LogP contribution in [-0.2, 0) is 5.60 Å². The summed E-state index contributed by atoms with van der Waals surface area (Å²) in [6.45, 7) is 6.26. The van der Waals surface area contributed by atoms with E-state index in [0.717, 1.165) is 37.9 Å². The number of benzene rings is 1. The Morgan fingerprint density at radius 2 is 1.94 bits per heavy atom. The molecule has 2 heteroatoms. The third-order valence-electron chi connectivity index (χ3n) is 3.93. The number of aryl methyl sites for hydroxylation is 2. The fraction of sp³-hybridized carbons (Fsp3) is 0.600. The van der Waals surface area contributed by atoms with E-state index in [1.165, 1.54) is 11.1 Å². The Morgan fingerprint density at radius 3 is 2.71 bits per heavy atom. The van der Waals surface area contributed by atoms with Crippen LogP contribution in [0.15, 0.2) is 18.2 Å². The smallest absolute Gasteiger partial charge is 0.0911 e. The van der Waals surface area contributed by atoms with Gasteiger partial charge in [0.1, 0.15) is 0 Å². The van der Waals surface area contributed by atoms with Gasteiger partial charge < -0.3 is 10.0 Å². The molecule has 0 aromatic heterocycles. The van der Waals surface area contributed by atoms with Gasteiger partial charge in [0, 0.05) is 6.54 Å². The fourth-order valence-electron chi connectivity index (χ4n) is 2.76. The average molecular weight is 233 g/mol. The first-order chi connectivity index (χ1) is 8.01. The number of rotatable bonds is 1. The Hall–Kier alpha value is -0.860. The zero-order valence-electron chi connectivity index (χ0n) is 11.2. The van der Waals surface area contributed by atoms with Crippen LogP contribution in [0.1, 0.15) is 36.0 Å². The molecule has 0 radical (unpaired) electrons. The Balaban J connectivity index is 2.33. The van der Waals surface area contributed by atoms with Gasteiger partial charge in [-0.25, -0.2) is 0 Å². The van der Waals surface area contributed by atoms with Gasteiger partial charge in [-0.05, 0) is 57.8 Å². The maximum absolute atomic E-state index is 10.9. The van der Waals surface area contributed by atoms with Crippen molar-refractivity contribution in [1.29, 1.82) is 0 Å². The lowest BCUT2D eigenvalue weighted by Crippen LogP contribution is -2.28. The minimum atomic E-state index is -0.624. The molecule has 1 heterocycles. The molecule has 0 bridgehead atoms. The minimum Gasteiger partial charge on any atom is -0.385 e. The van der Waals surface area contributed by atoms with Crippen molar-refractivity contribution in [1.82, 2.24) is 4.90 Å². The standard InChI is InChI=1S/C15H23NO/c1-12-5-6-13(2)14(11-12)15(17)7-4-9-16(3)10-8-15/h5-6,11,17H,4,7-10H2,1-3H3. The van der Waals surface area contributed by atoms with Crippen LogP contribution in [0.2, 0.25) is 0 Å². The molecule has 1 aromatic rings. The molecule has 1 aromatic carbocycles. The van der Waals surface area contributed by atoms with E-state index in [1.807, 2.05) is 0 Å². The molecule has 1 aliphatic heterocycles. The molecule has 1 fully saturated rings. The molecular weight excluding hydrogens is 210 g/mol. The number of likely N-dealkylation sites (tertiary alicyclic amines) is 1. The number of nitrogens with zero attached hydrogens (tertiary/aromatic N) is 1. The van der Waals surface area contributed by atoms with Crippen molar-refractivity contribution in [2.75, 3.05) is 20.1 Å². The average Bonchev–Trinajstić information content (AvgIpc) is 2.46. The van der Waals surface area contributed by atoms with E-state index < -0.39 is 5.60 Å². The van der Waals surface area contributed by atoms with Gasteiger partial charge in [0.15, 0.2) is 0 Å². The largest absolute Gasteiger partial charge is 0.385 e. The first-order valence-corrected chi connectivity index (χ1v) is 6.50. The van der Waals surface area contributed by atoms with E-state index in [-0.39, 0.29) is 0 Å². The zero-order valence-corrected chi connectivity index (χ0v) is 11.2. The fourth-order valence-corrected chi connectivity index (χ4v) is 2.76. The van der Waals surface area contributed by atoms with Gasteiger partial charge in [-0.15, -0.1) is 0 Å². The Kier molecular flexibility index (Phi) is 3.55. The predicted octanol–water partition coefficient (Wildman–Crippen LogP) is 2.61. The van der Waals surface area contributed by atoms with Gasteiger partial charge >= 0.3 is 0 Å². The Morgan fingerprint density at radius 1 is 1.18 bits per heavy atom. The molecule has 94 valence electrons. The lowest BCUT2D eigenvalue weighted by Gasteiger charge is -2.29. The monoisotopic (exact) mass is 233 g/mol. The number of hydrogen-bond acceptors (Lipinski definition) is 2. The molecule has 1 unspecified atom stereocenters. The van der Waals surface area contributed by atoms with Crippen LogP contribution in [0.4, 0.5) is 0 Å². The highest BCUT2D eigenvalue weighted by Crippen LogP contribution is 2.34. The second kappa shape index (κ2) is 4.79. The maximum atomic E-state index is 10.9. The summed E-state index contributed by atoms with van der Waals surface area (Å²) in [4.78, 5) is 2.31. The first kappa shape index (κ1) is 12.6. The van der Waals surface area contributed by atoms with Crippen molar-refractivity contribution in [3.8, 4) is 0 Å². The molecule has 0 aliphatic carbocycles. The van der Waals surface area contributed by atoms with Gasteiger partial charge in [-0.3, -0.25) is 0 Å². The topological polar surface area (TPSA) is 23.5 Å². The van der Waals surface area contributed by atoms with E-state index in [1.54, 1.807) is 0 Å². The number of aliphatic hydroxyl groups is 1. The predicted molar refractivity (Wildman–Crippen MR) is 71.2 cm³/mol. The third-order valence-corrected chi connectivity index (χ3v) is 3.93. The summed E-state index contributed by atoms with van der Waals surface area (Å²) in [5, 5.41) is 10.9. The van der Waals surface area contributed by atoms with Crippen LogP contribution >= 0.6 is 0 Å². The van der Waals surface area contributed by atoms with Gasteiger partial charge in [0.05, 0.1) is 5.60 Å². The van der Waals surface area contributed by atoms with Crippen LogP contribution in [0, 0.1) is 13.8 Å². The van der Waals surface area contributed by atoms with E-state index >= 15 is 0 Å². The SMILES string of the molecule is Cc1ccc(C)c(C2(O)CCCN(C)CC2)c1. The van der Waals surface area contributed by atoms with Gasteiger partial charge in [-0.2, -0.15) is 0 Å². The normalized spacial score (nSPS) is 26.8. The van der Waals surface area contributed by atoms with Crippen LogP contribution in [0.5, 0.6) is 0 Å². The van der Waals surface area contributed by atoms with Crippen molar-refractivity contribution in [2.45, 2.75) is 38.7 Å². The van der Waals surface area contributed by atoms with Crippen LogP contribution in [0.3, 0.4) is 0 Å². The Bertz CT molecular complexity index is 402. The molecule has 1 saturated heterocycles. The molecule has 1 N–H and O–H groups in total. The van der Waals surface area contributed by atoms with E-state index in [2.05, 4.69) is 44.0 Å². The summed E-state index contributed by atoms with van der Waals surface area (Å²) in [7, 11) is 2.13. The Labute approximate surface area is 104 Å². The van der Waals surface area contributed by atoms with Gasteiger partial charge in [0.25, 0.3) is 0 Å². The quantitative estimate of drug-likeness (QED) is 0.806. The molecule has 0 saturated carbocycles. The molecule has 1 aliphatic rings. The molecule has 1 atom stereocenters. The molecule has 0 amide bonds. The minimum absolute atomic E-state index is 0.624. The second-order valence-corrected chi connectivity index (χ2v) is 5.51. The summed E-state index contributed by atoms with van der Waals surface area (Å²) >= 11 is 0. The first-order valence-electron chi connectivity index (χ1n) is 6.50. The highest BCUT2D eigenvalue weighted by atomic mass is 16.3. The summed E-state index contributed by atoms with van der Waals surface area (Å²) < 4.78 is 0. The third kappa shape index (κ3) is 2.70. The number of hydrogen-bond donors (Lipinski definition) is 1. The van der Waals surface area contributed by atoms with Crippen LogP contribution in [0.25, 0.3) is 0 Å². The lowest BCUT2D eigenvalue weighted by molar-refractivity contribution is 0.0212. The zero-order chi connectivity index (χ0) is 12.5. The molecule has 0 spiro atoms. The van der Waals surface area contributed by atoms with E-state index in [9.17, 15) is 5.11 Å². The van der Waals surface area contributed by atoms with Crippen LogP contribution < -0.4 is 0 Å². The summed E-state index contributed by atoms with van der Waals surface area (Å²) in [6.07, 6.45) is 2.79. The van der Waals surface area contributed by atoms with E-state index in [0.29, 0.717) is 0 Å². The lowest BCUT2D eigenvalue weighted by atomic mass is 9.83.